The van der Waals surface area contributed by atoms with Crippen LogP contribution in [0.5, 0.6) is 0 Å². The molecule has 0 radical (unpaired) electrons. The van der Waals surface area contributed by atoms with Crippen molar-refractivity contribution in [2.45, 2.75) is 23.8 Å². The van der Waals surface area contributed by atoms with Crippen LogP contribution >= 0.6 is 11.8 Å². The molecule has 1 aliphatic rings. The van der Waals surface area contributed by atoms with Crippen LogP contribution in [-0.2, 0) is 0 Å². The van der Waals surface area contributed by atoms with Gasteiger partial charge in [0.25, 0.3) is 5.91 Å². The summed E-state index contributed by atoms with van der Waals surface area (Å²) in [6, 6.07) is 8.25. The molecule has 18 heavy (non-hydrogen) atoms. The molecule has 1 unspecified atom stereocenters. The first kappa shape index (κ1) is 13.4. The van der Waals surface area contributed by atoms with E-state index in [-0.39, 0.29) is 5.91 Å². The fraction of sp³-hybridized carbons (Fsp3) is 0.500. The van der Waals surface area contributed by atoms with E-state index in [0.717, 1.165) is 31.5 Å². The Morgan fingerprint density at radius 3 is 2.78 bits per heavy atom. The summed E-state index contributed by atoms with van der Waals surface area (Å²) in [5.41, 5.74) is 0.802. The third kappa shape index (κ3) is 2.87. The second kappa shape index (κ2) is 6.25. The average molecular weight is 264 g/mol. The first-order valence-corrected chi connectivity index (χ1v) is 7.58. The molecule has 0 spiro atoms. The SMILES string of the molecule is CNCC1CCCN1C(=O)c1ccc(SC)cc1. The van der Waals surface area contributed by atoms with Crippen LogP contribution in [0.4, 0.5) is 0 Å². The minimum Gasteiger partial charge on any atom is -0.334 e. The lowest BCUT2D eigenvalue weighted by Crippen LogP contribution is -2.40. The van der Waals surface area contributed by atoms with Gasteiger partial charge in [-0.05, 0) is 50.4 Å². The van der Waals surface area contributed by atoms with E-state index in [1.807, 2.05) is 42.5 Å². The molecule has 4 heteroatoms. The molecule has 1 amide bonds. The van der Waals surface area contributed by atoms with E-state index in [1.54, 1.807) is 11.8 Å². The van der Waals surface area contributed by atoms with E-state index in [2.05, 4.69) is 5.32 Å². The molecule has 1 aromatic rings. The molecule has 1 saturated heterocycles. The van der Waals surface area contributed by atoms with Gasteiger partial charge in [0.15, 0.2) is 0 Å². The van der Waals surface area contributed by atoms with Crippen molar-refractivity contribution in [3.05, 3.63) is 29.8 Å². The molecule has 0 saturated carbocycles. The van der Waals surface area contributed by atoms with Crippen molar-refractivity contribution in [1.29, 1.82) is 0 Å². The Kier molecular flexibility index (Phi) is 4.66. The highest BCUT2D eigenvalue weighted by Crippen LogP contribution is 2.21. The summed E-state index contributed by atoms with van der Waals surface area (Å²) < 4.78 is 0. The highest BCUT2D eigenvalue weighted by molar-refractivity contribution is 7.98. The second-order valence-electron chi connectivity index (χ2n) is 4.58. The van der Waals surface area contributed by atoms with Gasteiger partial charge in [-0.3, -0.25) is 4.79 Å². The van der Waals surface area contributed by atoms with Crippen LogP contribution in [-0.4, -0.2) is 43.2 Å². The Balaban J connectivity index is 2.09. The molecule has 1 aromatic carbocycles. The zero-order valence-electron chi connectivity index (χ0n) is 11.0. The summed E-state index contributed by atoms with van der Waals surface area (Å²) in [6.07, 6.45) is 4.26. The van der Waals surface area contributed by atoms with Crippen LogP contribution in [0, 0.1) is 0 Å². The molecule has 3 nitrogen and oxygen atoms in total. The second-order valence-corrected chi connectivity index (χ2v) is 5.46. The maximum atomic E-state index is 12.4. The molecule has 0 bridgehead atoms. The van der Waals surface area contributed by atoms with Crippen molar-refractivity contribution in [3.8, 4) is 0 Å². The van der Waals surface area contributed by atoms with Crippen molar-refractivity contribution >= 4 is 17.7 Å². The Labute approximate surface area is 113 Å². The number of hydrogen-bond acceptors (Lipinski definition) is 3. The van der Waals surface area contributed by atoms with Gasteiger partial charge in [-0.2, -0.15) is 0 Å². The summed E-state index contributed by atoms with van der Waals surface area (Å²) in [6.45, 7) is 1.77. The van der Waals surface area contributed by atoms with Crippen LogP contribution in [0.25, 0.3) is 0 Å². The van der Waals surface area contributed by atoms with Crippen molar-refractivity contribution in [2.75, 3.05) is 26.4 Å². The smallest absolute Gasteiger partial charge is 0.254 e. The van der Waals surface area contributed by atoms with Crippen LogP contribution in [0.2, 0.25) is 0 Å². The van der Waals surface area contributed by atoms with Gasteiger partial charge in [0.2, 0.25) is 0 Å². The Bertz CT molecular complexity index is 405. The number of nitrogens with one attached hydrogen (secondary N) is 1. The molecule has 0 aliphatic carbocycles. The molecular formula is C14H20N2OS. The number of likely N-dealkylation sites (N-methyl/N-ethyl adjacent to an activating group) is 1. The summed E-state index contributed by atoms with van der Waals surface area (Å²) in [5, 5.41) is 3.17. The van der Waals surface area contributed by atoms with E-state index >= 15 is 0 Å². The number of benzene rings is 1. The van der Waals surface area contributed by atoms with Gasteiger partial charge in [-0.25, -0.2) is 0 Å². The zero-order chi connectivity index (χ0) is 13.0. The Morgan fingerprint density at radius 1 is 1.44 bits per heavy atom. The topological polar surface area (TPSA) is 32.3 Å². The third-order valence-corrected chi connectivity index (χ3v) is 4.16. The van der Waals surface area contributed by atoms with Gasteiger partial charge in [0, 0.05) is 29.6 Å². The van der Waals surface area contributed by atoms with Gasteiger partial charge in [-0.1, -0.05) is 0 Å². The Hall–Kier alpha value is -1.00. The molecule has 2 rings (SSSR count). The molecule has 98 valence electrons. The van der Waals surface area contributed by atoms with Crippen molar-refractivity contribution in [2.24, 2.45) is 0 Å². The van der Waals surface area contributed by atoms with E-state index in [1.165, 1.54) is 4.90 Å². The normalized spacial score (nSPS) is 19.2. The first-order valence-electron chi connectivity index (χ1n) is 6.36. The zero-order valence-corrected chi connectivity index (χ0v) is 11.8. The summed E-state index contributed by atoms with van der Waals surface area (Å²) >= 11 is 1.70. The van der Waals surface area contributed by atoms with Crippen LogP contribution < -0.4 is 5.32 Å². The van der Waals surface area contributed by atoms with Crippen molar-refractivity contribution < 1.29 is 4.79 Å². The van der Waals surface area contributed by atoms with Gasteiger partial charge < -0.3 is 10.2 Å². The quantitative estimate of drug-likeness (QED) is 0.846. The molecule has 1 aliphatic heterocycles. The largest absolute Gasteiger partial charge is 0.334 e. The van der Waals surface area contributed by atoms with Crippen LogP contribution in [0.15, 0.2) is 29.2 Å². The summed E-state index contributed by atoms with van der Waals surface area (Å²) in [7, 11) is 1.94. The lowest BCUT2D eigenvalue weighted by Gasteiger charge is -2.24. The summed E-state index contributed by atoms with van der Waals surface area (Å²) in [4.78, 5) is 15.6. The van der Waals surface area contributed by atoms with Crippen molar-refractivity contribution in [1.82, 2.24) is 10.2 Å². The number of nitrogens with zero attached hydrogens (tertiary/aromatic N) is 1. The molecule has 1 atom stereocenters. The van der Waals surface area contributed by atoms with E-state index in [9.17, 15) is 4.79 Å². The molecule has 1 N–H and O–H groups in total. The highest BCUT2D eigenvalue weighted by atomic mass is 32.2. The van der Waals surface area contributed by atoms with Crippen molar-refractivity contribution in [3.63, 3.8) is 0 Å². The maximum Gasteiger partial charge on any atom is 0.254 e. The van der Waals surface area contributed by atoms with E-state index < -0.39 is 0 Å². The van der Waals surface area contributed by atoms with Gasteiger partial charge in [-0.15, -0.1) is 11.8 Å². The highest BCUT2D eigenvalue weighted by Gasteiger charge is 2.28. The minimum absolute atomic E-state index is 0.167. The number of amides is 1. The monoisotopic (exact) mass is 264 g/mol. The van der Waals surface area contributed by atoms with Gasteiger partial charge in [0.05, 0.1) is 0 Å². The van der Waals surface area contributed by atoms with E-state index in [4.69, 9.17) is 0 Å². The van der Waals surface area contributed by atoms with Crippen LogP contribution in [0.1, 0.15) is 23.2 Å². The maximum absolute atomic E-state index is 12.4. The minimum atomic E-state index is 0.167. The predicted octanol–water partition coefficient (Wildman–Crippen LogP) is 2.23. The molecule has 1 fully saturated rings. The summed E-state index contributed by atoms with van der Waals surface area (Å²) in [5.74, 6) is 0.167. The van der Waals surface area contributed by atoms with Crippen LogP contribution in [0.3, 0.4) is 0 Å². The average Bonchev–Trinajstić information content (AvgIpc) is 2.87. The van der Waals surface area contributed by atoms with Gasteiger partial charge in [0.1, 0.15) is 0 Å². The molecular weight excluding hydrogens is 244 g/mol. The lowest BCUT2D eigenvalue weighted by atomic mass is 10.1. The third-order valence-electron chi connectivity index (χ3n) is 3.41. The number of carbonyl (C=O) groups is 1. The first-order chi connectivity index (χ1) is 8.76. The number of thioether (sulfide) groups is 1. The number of carbonyl (C=O) groups excluding carboxylic acids is 1. The lowest BCUT2D eigenvalue weighted by molar-refractivity contribution is 0.0737. The predicted molar refractivity (Wildman–Crippen MR) is 76.2 cm³/mol. The standard InChI is InChI=1S/C14H20N2OS/c1-15-10-12-4-3-9-16(12)14(17)11-5-7-13(18-2)8-6-11/h5-8,12,15H,3-4,9-10H2,1-2H3. The Morgan fingerprint density at radius 2 is 2.17 bits per heavy atom. The molecule has 1 heterocycles. The number of rotatable bonds is 4. The fourth-order valence-electron chi connectivity index (χ4n) is 2.45. The van der Waals surface area contributed by atoms with Gasteiger partial charge >= 0.3 is 0 Å². The fourth-order valence-corrected chi connectivity index (χ4v) is 2.86. The van der Waals surface area contributed by atoms with E-state index in [0.29, 0.717) is 6.04 Å². The number of likely N-dealkylation sites (tertiary alicyclic amines) is 1. The molecule has 0 aromatic heterocycles. The number of hydrogen-bond donors (Lipinski definition) is 1.